The fourth-order valence-electron chi connectivity index (χ4n) is 4.30. The predicted molar refractivity (Wildman–Crippen MR) is 68.9 cm³/mol. The van der Waals surface area contributed by atoms with Crippen LogP contribution < -0.4 is 0 Å². The molecular formula is C15H25NO. The molecule has 3 rings (SSSR count). The van der Waals surface area contributed by atoms with Crippen molar-refractivity contribution < 1.29 is 4.79 Å². The highest BCUT2D eigenvalue weighted by molar-refractivity contribution is 5.80. The Hall–Kier alpha value is -0.370. The molecule has 0 radical (unpaired) electrons. The van der Waals surface area contributed by atoms with Gasteiger partial charge in [-0.2, -0.15) is 0 Å². The molecule has 1 saturated carbocycles. The van der Waals surface area contributed by atoms with Gasteiger partial charge < -0.3 is 0 Å². The summed E-state index contributed by atoms with van der Waals surface area (Å²) >= 11 is 0. The van der Waals surface area contributed by atoms with Gasteiger partial charge in [0.25, 0.3) is 0 Å². The molecule has 0 spiro atoms. The molecule has 2 saturated heterocycles. The van der Waals surface area contributed by atoms with Gasteiger partial charge >= 0.3 is 0 Å². The number of piperidine rings is 1. The van der Waals surface area contributed by atoms with Crippen molar-refractivity contribution in [1.82, 2.24) is 4.90 Å². The average molecular weight is 235 g/mol. The fraction of sp³-hybridized carbons (Fsp3) is 0.933. The topological polar surface area (TPSA) is 20.3 Å². The van der Waals surface area contributed by atoms with Crippen LogP contribution in [0.25, 0.3) is 0 Å². The monoisotopic (exact) mass is 235 g/mol. The second-order valence-corrected chi connectivity index (χ2v) is 6.55. The largest absolute Gasteiger partial charge is 0.300 e. The molecule has 0 amide bonds. The van der Waals surface area contributed by atoms with Gasteiger partial charge in [0.1, 0.15) is 5.78 Å². The molecule has 3 fully saturated rings. The number of carbonyl (C=O) groups excluding carboxylic acids is 1. The van der Waals surface area contributed by atoms with E-state index in [1.807, 2.05) is 0 Å². The van der Waals surface area contributed by atoms with Crippen molar-refractivity contribution in [3.05, 3.63) is 0 Å². The van der Waals surface area contributed by atoms with E-state index in [0.717, 1.165) is 24.7 Å². The van der Waals surface area contributed by atoms with Crippen molar-refractivity contribution in [2.24, 2.45) is 11.8 Å². The van der Waals surface area contributed by atoms with Crippen molar-refractivity contribution in [2.45, 2.75) is 70.4 Å². The zero-order chi connectivity index (χ0) is 11.8. The van der Waals surface area contributed by atoms with Crippen LogP contribution in [0.2, 0.25) is 0 Å². The molecule has 3 aliphatic rings. The lowest BCUT2D eigenvalue weighted by Crippen LogP contribution is -2.46. The zero-order valence-electron chi connectivity index (χ0n) is 11.0. The van der Waals surface area contributed by atoms with Crippen LogP contribution >= 0.6 is 0 Å². The van der Waals surface area contributed by atoms with Gasteiger partial charge in [0.2, 0.25) is 0 Å². The fourth-order valence-corrected chi connectivity index (χ4v) is 4.30. The molecule has 4 unspecified atom stereocenters. The molecule has 2 heterocycles. The summed E-state index contributed by atoms with van der Waals surface area (Å²) in [6.07, 6.45) is 9.95. The molecule has 1 aliphatic carbocycles. The standard InChI is InChI=1S/C15H25NO/c1-11-4-2-3-5-12(11)10-16-13-6-7-14(16)9-15(17)8-13/h11-14H,2-10H2,1H3. The van der Waals surface area contributed by atoms with Crippen LogP contribution in [-0.2, 0) is 4.79 Å². The first-order valence-electron chi connectivity index (χ1n) is 7.51. The third kappa shape index (κ3) is 2.29. The van der Waals surface area contributed by atoms with Crippen molar-refractivity contribution in [1.29, 1.82) is 0 Å². The van der Waals surface area contributed by atoms with E-state index < -0.39 is 0 Å². The summed E-state index contributed by atoms with van der Waals surface area (Å²) < 4.78 is 0. The molecule has 2 bridgehead atoms. The SMILES string of the molecule is CC1CCCCC1CN1C2CCC1CC(=O)C2. The molecular weight excluding hydrogens is 210 g/mol. The quantitative estimate of drug-likeness (QED) is 0.733. The Morgan fingerprint density at radius 2 is 1.71 bits per heavy atom. The second-order valence-electron chi connectivity index (χ2n) is 6.55. The lowest BCUT2D eigenvalue weighted by molar-refractivity contribution is -0.124. The first-order chi connectivity index (χ1) is 8.24. The van der Waals surface area contributed by atoms with Crippen LogP contribution in [0.3, 0.4) is 0 Å². The van der Waals surface area contributed by atoms with Gasteiger partial charge in [-0.3, -0.25) is 9.69 Å². The van der Waals surface area contributed by atoms with Crippen LogP contribution in [0.15, 0.2) is 0 Å². The molecule has 17 heavy (non-hydrogen) atoms. The van der Waals surface area contributed by atoms with E-state index in [1.165, 1.54) is 45.1 Å². The molecule has 0 aromatic carbocycles. The lowest BCUT2D eigenvalue weighted by Gasteiger charge is -2.39. The number of Topliss-reactive ketones (excluding diaryl/α,β-unsaturated/α-hetero) is 1. The van der Waals surface area contributed by atoms with E-state index >= 15 is 0 Å². The Morgan fingerprint density at radius 3 is 2.35 bits per heavy atom. The number of fused-ring (bicyclic) bond motifs is 2. The zero-order valence-corrected chi connectivity index (χ0v) is 11.0. The summed E-state index contributed by atoms with van der Waals surface area (Å²) in [6.45, 7) is 3.71. The maximum atomic E-state index is 11.6. The Balaban J connectivity index is 1.63. The Kier molecular flexibility index (Phi) is 3.25. The van der Waals surface area contributed by atoms with E-state index in [-0.39, 0.29) is 0 Å². The highest BCUT2D eigenvalue weighted by atomic mass is 16.1. The highest BCUT2D eigenvalue weighted by Crippen LogP contribution is 2.38. The third-order valence-corrected chi connectivity index (χ3v) is 5.43. The number of nitrogens with zero attached hydrogens (tertiary/aromatic N) is 1. The number of rotatable bonds is 2. The molecule has 2 nitrogen and oxygen atoms in total. The molecule has 0 N–H and O–H groups in total. The van der Waals surface area contributed by atoms with Gasteiger partial charge in [0.05, 0.1) is 0 Å². The first kappa shape index (κ1) is 11.7. The third-order valence-electron chi connectivity index (χ3n) is 5.43. The molecule has 4 atom stereocenters. The summed E-state index contributed by atoms with van der Waals surface area (Å²) in [5.41, 5.74) is 0. The van der Waals surface area contributed by atoms with Crippen molar-refractivity contribution in [3.63, 3.8) is 0 Å². The van der Waals surface area contributed by atoms with E-state index in [4.69, 9.17) is 0 Å². The number of carbonyl (C=O) groups is 1. The van der Waals surface area contributed by atoms with Crippen LogP contribution in [0.4, 0.5) is 0 Å². The van der Waals surface area contributed by atoms with Gasteiger partial charge in [-0.05, 0) is 31.1 Å². The Morgan fingerprint density at radius 1 is 1.06 bits per heavy atom. The van der Waals surface area contributed by atoms with Crippen molar-refractivity contribution in [3.8, 4) is 0 Å². The molecule has 2 heteroatoms. The van der Waals surface area contributed by atoms with Gasteiger partial charge in [-0.1, -0.05) is 26.2 Å². The Bertz CT molecular complexity index is 285. The Labute approximate surface area is 105 Å². The minimum atomic E-state index is 0.519. The molecule has 0 aromatic rings. The smallest absolute Gasteiger partial charge is 0.136 e. The van der Waals surface area contributed by atoms with Crippen LogP contribution in [0.5, 0.6) is 0 Å². The van der Waals surface area contributed by atoms with E-state index in [1.54, 1.807) is 0 Å². The number of hydrogen-bond acceptors (Lipinski definition) is 2. The van der Waals surface area contributed by atoms with Crippen molar-refractivity contribution >= 4 is 5.78 Å². The van der Waals surface area contributed by atoms with Crippen LogP contribution in [-0.4, -0.2) is 29.3 Å². The minimum absolute atomic E-state index is 0.519. The lowest BCUT2D eigenvalue weighted by atomic mass is 9.79. The molecule has 2 aliphatic heterocycles. The van der Waals surface area contributed by atoms with Gasteiger partial charge in [0.15, 0.2) is 0 Å². The predicted octanol–water partition coefficient (Wildman–Crippen LogP) is 3.01. The minimum Gasteiger partial charge on any atom is -0.300 e. The summed E-state index contributed by atoms with van der Waals surface area (Å²) in [7, 11) is 0. The van der Waals surface area contributed by atoms with Crippen LogP contribution in [0.1, 0.15) is 58.3 Å². The van der Waals surface area contributed by atoms with E-state index in [2.05, 4.69) is 11.8 Å². The number of ketones is 1. The van der Waals surface area contributed by atoms with Crippen LogP contribution in [0, 0.1) is 11.8 Å². The normalized spacial score (nSPS) is 43.0. The average Bonchev–Trinajstić information content (AvgIpc) is 2.56. The van der Waals surface area contributed by atoms with Gasteiger partial charge in [-0.25, -0.2) is 0 Å². The molecule has 96 valence electrons. The van der Waals surface area contributed by atoms with E-state index in [9.17, 15) is 4.79 Å². The first-order valence-corrected chi connectivity index (χ1v) is 7.51. The van der Waals surface area contributed by atoms with E-state index in [0.29, 0.717) is 17.9 Å². The van der Waals surface area contributed by atoms with Crippen molar-refractivity contribution in [2.75, 3.05) is 6.54 Å². The number of hydrogen-bond donors (Lipinski definition) is 0. The summed E-state index contributed by atoms with van der Waals surface area (Å²) in [5.74, 6) is 2.33. The maximum absolute atomic E-state index is 11.6. The highest BCUT2D eigenvalue weighted by Gasteiger charge is 2.41. The van der Waals surface area contributed by atoms with Gasteiger partial charge in [-0.15, -0.1) is 0 Å². The maximum Gasteiger partial charge on any atom is 0.136 e. The second kappa shape index (κ2) is 4.72. The molecule has 0 aromatic heterocycles. The summed E-state index contributed by atoms with van der Waals surface area (Å²) in [4.78, 5) is 14.3. The van der Waals surface area contributed by atoms with Gasteiger partial charge in [0, 0.05) is 31.5 Å². The summed E-state index contributed by atoms with van der Waals surface area (Å²) in [5, 5.41) is 0. The summed E-state index contributed by atoms with van der Waals surface area (Å²) in [6, 6.07) is 1.21.